The molecule has 0 amide bonds. The molecule has 0 spiro atoms. The number of carboxylic acid groups (broad SMARTS) is 1. The number of carbonyl (C=O) groups is 1. The van der Waals surface area contributed by atoms with Crippen molar-refractivity contribution in [2.75, 3.05) is 0 Å². The van der Waals surface area contributed by atoms with Gasteiger partial charge in [-0.05, 0) is 25.2 Å². The molecule has 2 atom stereocenters. The molecule has 1 fully saturated rings. The van der Waals surface area contributed by atoms with Crippen LogP contribution in [-0.4, -0.2) is 22.3 Å². The van der Waals surface area contributed by atoms with Crippen molar-refractivity contribution in [3.05, 3.63) is 0 Å². The zero-order valence-electron chi connectivity index (χ0n) is 7.36. The van der Waals surface area contributed by atoms with E-state index in [0.717, 1.165) is 12.8 Å². The van der Waals surface area contributed by atoms with Crippen LogP contribution >= 0.6 is 0 Å². The lowest BCUT2D eigenvalue weighted by molar-refractivity contribution is -0.142. The summed E-state index contributed by atoms with van der Waals surface area (Å²) in [5, 5.41) is 18.1. The van der Waals surface area contributed by atoms with Crippen LogP contribution in [0.25, 0.3) is 0 Å². The van der Waals surface area contributed by atoms with Gasteiger partial charge in [0.15, 0.2) is 0 Å². The van der Waals surface area contributed by atoms with Gasteiger partial charge in [-0.25, -0.2) is 0 Å². The lowest BCUT2D eigenvalue weighted by Crippen LogP contribution is -2.29. The van der Waals surface area contributed by atoms with E-state index in [2.05, 4.69) is 0 Å². The van der Waals surface area contributed by atoms with Gasteiger partial charge in [0.2, 0.25) is 0 Å². The summed E-state index contributed by atoms with van der Waals surface area (Å²) in [6.07, 6.45) is 3.31. The molecule has 0 aliphatic heterocycles. The van der Waals surface area contributed by atoms with E-state index in [9.17, 15) is 9.90 Å². The third-order valence-corrected chi connectivity index (χ3v) is 2.71. The predicted octanol–water partition coefficient (Wildman–Crippen LogP) is 1.26. The molecular formula is C9H16O3. The Hall–Kier alpha value is -0.570. The number of carboxylic acids is 1. The maximum absolute atomic E-state index is 10.5. The molecule has 2 unspecified atom stereocenters. The summed E-state index contributed by atoms with van der Waals surface area (Å²) < 4.78 is 0. The van der Waals surface area contributed by atoms with Crippen LogP contribution in [0.4, 0.5) is 0 Å². The first-order valence-electron chi connectivity index (χ1n) is 4.52. The molecule has 0 heterocycles. The van der Waals surface area contributed by atoms with Crippen LogP contribution in [0.3, 0.4) is 0 Å². The Morgan fingerprint density at radius 3 is 2.50 bits per heavy atom. The van der Waals surface area contributed by atoms with E-state index in [1.54, 1.807) is 6.92 Å². The normalized spacial score (nSPS) is 22.8. The van der Waals surface area contributed by atoms with Crippen molar-refractivity contribution in [1.82, 2.24) is 0 Å². The van der Waals surface area contributed by atoms with Gasteiger partial charge in [-0.1, -0.05) is 13.3 Å². The standard InChI is InChI=1S/C9H16O3/c1-6(9(11)12)5-8(10)7-3-2-4-7/h6-8,10H,2-5H2,1H3,(H,11,12). The molecule has 3 heteroatoms. The maximum atomic E-state index is 10.5. The minimum Gasteiger partial charge on any atom is -0.481 e. The molecule has 70 valence electrons. The molecule has 0 aromatic rings. The number of aliphatic hydroxyl groups excluding tert-OH is 1. The molecule has 1 saturated carbocycles. The molecule has 0 radical (unpaired) electrons. The van der Waals surface area contributed by atoms with Gasteiger partial charge in [0.05, 0.1) is 12.0 Å². The molecule has 0 bridgehead atoms. The van der Waals surface area contributed by atoms with Gasteiger partial charge in [0.1, 0.15) is 0 Å². The first-order valence-corrected chi connectivity index (χ1v) is 4.52. The van der Waals surface area contributed by atoms with Gasteiger partial charge in [-0.3, -0.25) is 4.79 Å². The fourth-order valence-electron chi connectivity index (χ4n) is 1.48. The average Bonchev–Trinajstić information content (AvgIpc) is 1.82. The van der Waals surface area contributed by atoms with Gasteiger partial charge >= 0.3 is 5.97 Å². The van der Waals surface area contributed by atoms with Crippen LogP contribution in [0.1, 0.15) is 32.6 Å². The van der Waals surface area contributed by atoms with Crippen LogP contribution in [0.15, 0.2) is 0 Å². The second-order valence-electron chi connectivity index (χ2n) is 3.73. The Labute approximate surface area is 72.4 Å². The molecule has 0 aromatic heterocycles. The summed E-state index contributed by atoms with van der Waals surface area (Å²) in [4.78, 5) is 10.5. The highest BCUT2D eigenvalue weighted by molar-refractivity contribution is 5.69. The summed E-state index contributed by atoms with van der Waals surface area (Å²) in [5.74, 6) is -0.860. The van der Waals surface area contributed by atoms with Crippen LogP contribution in [0.2, 0.25) is 0 Å². The highest BCUT2D eigenvalue weighted by Crippen LogP contribution is 2.32. The number of hydrogen-bond donors (Lipinski definition) is 2. The number of rotatable bonds is 4. The molecule has 1 rings (SSSR count). The van der Waals surface area contributed by atoms with Crippen LogP contribution in [-0.2, 0) is 4.79 Å². The first kappa shape index (κ1) is 9.52. The van der Waals surface area contributed by atoms with Crippen LogP contribution in [0.5, 0.6) is 0 Å². The molecule has 1 aliphatic rings. The number of aliphatic carboxylic acids is 1. The molecule has 1 aliphatic carbocycles. The molecule has 3 nitrogen and oxygen atoms in total. The van der Waals surface area contributed by atoms with E-state index in [4.69, 9.17) is 5.11 Å². The van der Waals surface area contributed by atoms with Gasteiger partial charge in [-0.15, -0.1) is 0 Å². The summed E-state index contributed by atoms with van der Waals surface area (Å²) in [5.41, 5.74) is 0. The average molecular weight is 172 g/mol. The Morgan fingerprint density at radius 2 is 2.17 bits per heavy atom. The summed E-state index contributed by atoms with van der Waals surface area (Å²) >= 11 is 0. The third-order valence-electron chi connectivity index (χ3n) is 2.71. The van der Waals surface area contributed by atoms with Crippen molar-refractivity contribution in [2.24, 2.45) is 11.8 Å². The minimum atomic E-state index is -0.812. The maximum Gasteiger partial charge on any atom is 0.306 e. The van der Waals surface area contributed by atoms with Crippen molar-refractivity contribution in [3.63, 3.8) is 0 Å². The van der Waals surface area contributed by atoms with E-state index in [0.29, 0.717) is 12.3 Å². The van der Waals surface area contributed by atoms with Gasteiger partial charge in [0.25, 0.3) is 0 Å². The highest BCUT2D eigenvalue weighted by Gasteiger charge is 2.28. The van der Waals surface area contributed by atoms with E-state index < -0.39 is 18.0 Å². The molecule has 0 saturated heterocycles. The van der Waals surface area contributed by atoms with Crippen molar-refractivity contribution in [2.45, 2.75) is 38.7 Å². The molecule has 0 aromatic carbocycles. The lowest BCUT2D eigenvalue weighted by atomic mass is 9.78. The third kappa shape index (κ3) is 2.21. The predicted molar refractivity (Wildman–Crippen MR) is 44.8 cm³/mol. The zero-order chi connectivity index (χ0) is 9.14. The molecular weight excluding hydrogens is 156 g/mol. The molecule has 12 heavy (non-hydrogen) atoms. The summed E-state index contributed by atoms with van der Waals surface area (Å²) in [7, 11) is 0. The topological polar surface area (TPSA) is 57.5 Å². The van der Waals surface area contributed by atoms with E-state index in [1.807, 2.05) is 0 Å². The van der Waals surface area contributed by atoms with Crippen molar-refractivity contribution in [1.29, 1.82) is 0 Å². The monoisotopic (exact) mass is 172 g/mol. The van der Waals surface area contributed by atoms with Crippen LogP contribution in [0, 0.1) is 11.8 Å². The van der Waals surface area contributed by atoms with Gasteiger partial charge < -0.3 is 10.2 Å². The summed E-state index contributed by atoms with van der Waals surface area (Å²) in [6.45, 7) is 1.64. The Kier molecular flexibility index (Phi) is 3.09. The smallest absolute Gasteiger partial charge is 0.306 e. The Balaban J connectivity index is 2.24. The van der Waals surface area contributed by atoms with Crippen molar-refractivity contribution < 1.29 is 15.0 Å². The van der Waals surface area contributed by atoms with E-state index in [1.165, 1.54) is 6.42 Å². The first-order chi connectivity index (χ1) is 5.61. The van der Waals surface area contributed by atoms with Crippen molar-refractivity contribution in [3.8, 4) is 0 Å². The quantitative estimate of drug-likeness (QED) is 0.671. The fraction of sp³-hybridized carbons (Fsp3) is 0.889. The highest BCUT2D eigenvalue weighted by atomic mass is 16.4. The lowest BCUT2D eigenvalue weighted by Gasteiger charge is -2.31. The second-order valence-corrected chi connectivity index (χ2v) is 3.73. The van der Waals surface area contributed by atoms with Gasteiger partial charge in [0, 0.05) is 0 Å². The minimum absolute atomic E-state index is 0.367. The Morgan fingerprint density at radius 1 is 1.58 bits per heavy atom. The largest absolute Gasteiger partial charge is 0.481 e. The SMILES string of the molecule is CC(CC(O)C1CCC1)C(=O)O. The van der Waals surface area contributed by atoms with Crippen LogP contribution < -0.4 is 0 Å². The van der Waals surface area contributed by atoms with E-state index in [-0.39, 0.29) is 0 Å². The summed E-state index contributed by atoms with van der Waals surface area (Å²) in [6, 6.07) is 0. The van der Waals surface area contributed by atoms with Gasteiger partial charge in [-0.2, -0.15) is 0 Å². The second kappa shape index (κ2) is 3.90. The van der Waals surface area contributed by atoms with E-state index >= 15 is 0 Å². The number of hydrogen-bond acceptors (Lipinski definition) is 2. The Bertz CT molecular complexity index is 163. The fourth-order valence-corrected chi connectivity index (χ4v) is 1.48. The molecule has 2 N–H and O–H groups in total. The number of aliphatic hydroxyl groups is 1. The zero-order valence-corrected chi connectivity index (χ0v) is 7.36. The van der Waals surface area contributed by atoms with Crippen molar-refractivity contribution >= 4 is 5.97 Å².